The van der Waals surface area contributed by atoms with Crippen molar-refractivity contribution in [1.82, 2.24) is 14.9 Å². The van der Waals surface area contributed by atoms with Crippen LogP contribution in [-0.2, 0) is 4.74 Å². The quantitative estimate of drug-likeness (QED) is 0.855. The molecule has 1 aromatic heterocycles. The molecule has 2 saturated heterocycles. The van der Waals surface area contributed by atoms with Crippen molar-refractivity contribution in [3.05, 3.63) is 18.1 Å². The maximum atomic E-state index is 11.3. The van der Waals surface area contributed by atoms with Gasteiger partial charge in [-0.3, -0.25) is 0 Å². The fourth-order valence-corrected chi connectivity index (χ4v) is 3.56. The summed E-state index contributed by atoms with van der Waals surface area (Å²) < 4.78 is 4.62. The van der Waals surface area contributed by atoms with E-state index >= 15 is 0 Å². The van der Waals surface area contributed by atoms with Crippen LogP contribution in [-0.4, -0.2) is 53.1 Å². The molecule has 2 bridgehead atoms. The topological polar surface area (TPSA) is 67.3 Å². The number of hydrogen-bond acceptors (Lipinski definition) is 6. The lowest BCUT2D eigenvalue weighted by Gasteiger charge is -2.47. The summed E-state index contributed by atoms with van der Waals surface area (Å²) in [5.41, 5.74) is 0.239. The van der Waals surface area contributed by atoms with Gasteiger partial charge in [-0.05, 0) is 32.7 Å². The third kappa shape index (κ3) is 3.00. The van der Waals surface area contributed by atoms with Gasteiger partial charge in [0.05, 0.1) is 19.5 Å². The number of aromatic nitrogens is 2. The van der Waals surface area contributed by atoms with E-state index in [1.54, 1.807) is 6.20 Å². The Bertz CT molecular complexity index is 491. The molecule has 0 aliphatic carbocycles. The molecule has 2 fully saturated rings. The van der Waals surface area contributed by atoms with Crippen molar-refractivity contribution in [1.29, 1.82) is 0 Å². The molecule has 3 heterocycles. The van der Waals surface area contributed by atoms with Crippen LogP contribution in [0, 0.1) is 0 Å². The van der Waals surface area contributed by atoms with Crippen LogP contribution >= 0.6 is 0 Å². The third-order valence-corrected chi connectivity index (χ3v) is 4.74. The number of ether oxygens (including phenoxy) is 1. The van der Waals surface area contributed by atoms with Gasteiger partial charge < -0.3 is 15.0 Å². The zero-order valence-electron chi connectivity index (χ0n) is 12.6. The van der Waals surface area contributed by atoms with Crippen molar-refractivity contribution in [2.75, 3.05) is 19.5 Å². The van der Waals surface area contributed by atoms with Crippen molar-refractivity contribution in [2.45, 2.75) is 50.2 Å². The van der Waals surface area contributed by atoms with Crippen LogP contribution in [0.3, 0.4) is 0 Å². The van der Waals surface area contributed by atoms with Crippen molar-refractivity contribution in [3.8, 4) is 0 Å². The minimum atomic E-state index is -0.456. The molecule has 2 atom stereocenters. The zero-order chi connectivity index (χ0) is 14.8. The molecule has 6 nitrogen and oxygen atoms in total. The molecule has 114 valence electrons. The van der Waals surface area contributed by atoms with Crippen molar-refractivity contribution < 1.29 is 9.53 Å². The van der Waals surface area contributed by atoms with Crippen molar-refractivity contribution >= 4 is 11.8 Å². The molecule has 2 aliphatic heterocycles. The SMILES string of the molecule is COC(=O)c1cnc(NC2CC3CCCC(C2)N3C)cn1. The van der Waals surface area contributed by atoms with Crippen LogP contribution in [0.25, 0.3) is 0 Å². The number of hydrogen-bond donors (Lipinski definition) is 1. The van der Waals surface area contributed by atoms with E-state index in [0.717, 1.165) is 18.7 Å². The second-order valence-corrected chi connectivity index (χ2v) is 6.00. The Morgan fingerprint density at radius 1 is 1.29 bits per heavy atom. The largest absolute Gasteiger partial charge is 0.464 e. The van der Waals surface area contributed by atoms with Crippen molar-refractivity contribution in [3.63, 3.8) is 0 Å². The van der Waals surface area contributed by atoms with E-state index in [2.05, 4.69) is 32.0 Å². The summed E-state index contributed by atoms with van der Waals surface area (Å²) in [5, 5.41) is 3.46. The van der Waals surface area contributed by atoms with Gasteiger partial charge in [0.15, 0.2) is 5.69 Å². The Kier molecular flexibility index (Phi) is 4.05. The van der Waals surface area contributed by atoms with Gasteiger partial charge in [-0.25, -0.2) is 14.8 Å². The lowest BCUT2D eigenvalue weighted by atomic mass is 9.82. The maximum absolute atomic E-state index is 11.3. The molecule has 1 N–H and O–H groups in total. The van der Waals surface area contributed by atoms with E-state index in [1.807, 2.05) is 0 Å². The van der Waals surface area contributed by atoms with E-state index in [0.29, 0.717) is 18.1 Å². The van der Waals surface area contributed by atoms with Crippen LogP contribution in [0.1, 0.15) is 42.6 Å². The van der Waals surface area contributed by atoms with Gasteiger partial charge in [0.2, 0.25) is 0 Å². The highest BCUT2D eigenvalue weighted by atomic mass is 16.5. The van der Waals surface area contributed by atoms with Crippen LogP contribution in [0.4, 0.5) is 5.82 Å². The molecule has 1 aromatic rings. The summed E-state index contributed by atoms with van der Waals surface area (Å²) in [5.74, 6) is 0.276. The Hall–Kier alpha value is -1.69. The highest BCUT2D eigenvalue weighted by molar-refractivity contribution is 5.86. The Balaban J connectivity index is 1.63. The van der Waals surface area contributed by atoms with Crippen molar-refractivity contribution in [2.24, 2.45) is 0 Å². The molecule has 6 heteroatoms. The predicted molar refractivity (Wildman–Crippen MR) is 79.2 cm³/mol. The summed E-state index contributed by atoms with van der Waals surface area (Å²) in [6.07, 6.45) is 9.29. The van der Waals surface area contributed by atoms with Gasteiger partial charge >= 0.3 is 5.97 Å². The van der Waals surface area contributed by atoms with Gasteiger partial charge in [0.25, 0.3) is 0 Å². The van der Waals surface area contributed by atoms with E-state index < -0.39 is 5.97 Å². The lowest BCUT2D eigenvalue weighted by molar-refractivity contribution is 0.0593. The predicted octanol–water partition coefficient (Wildman–Crippen LogP) is 1.69. The number of methoxy groups -OCH3 is 1. The normalized spacial score (nSPS) is 29.0. The molecule has 0 aromatic carbocycles. The van der Waals surface area contributed by atoms with E-state index in [1.165, 1.54) is 32.6 Å². The molecule has 3 rings (SSSR count). The number of piperidine rings is 2. The van der Waals surface area contributed by atoms with Crippen LogP contribution < -0.4 is 5.32 Å². The molecule has 21 heavy (non-hydrogen) atoms. The number of fused-ring (bicyclic) bond motifs is 2. The Labute approximate surface area is 124 Å². The van der Waals surface area contributed by atoms with Gasteiger partial charge in [-0.1, -0.05) is 6.42 Å². The molecular formula is C15H22N4O2. The summed E-state index contributed by atoms with van der Waals surface area (Å²) >= 11 is 0. The highest BCUT2D eigenvalue weighted by Gasteiger charge is 2.35. The number of carbonyl (C=O) groups excluding carboxylic acids is 1. The summed E-state index contributed by atoms with van der Waals surface area (Å²) in [4.78, 5) is 22.2. The molecule has 0 radical (unpaired) electrons. The maximum Gasteiger partial charge on any atom is 0.358 e. The summed E-state index contributed by atoms with van der Waals surface area (Å²) in [6, 6.07) is 1.80. The number of nitrogens with zero attached hydrogens (tertiary/aromatic N) is 3. The first kappa shape index (κ1) is 14.3. The zero-order valence-corrected chi connectivity index (χ0v) is 12.6. The molecule has 2 unspecified atom stereocenters. The summed E-state index contributed by atoms with van der Waals surface area (Å²) in [7, 11) is 3.59. The fourth-order valence-electron chi connectivity index (χ4n) is 3.56. The third-order valence-electron chi connectivity index (χ3n) is 4.74. The molecule has 2 aliphatic rings. The van der Waals surface area contributed by atoms with E-state index in [9.17, 15) is 4.79 Å². The first-order chi connectivity index (χ1) is 10.2. The average Bonchev–Trinajstić information content (AvgIpc) is 2.48. The van der Waals surface area contributed by atoms with Crippen LogP contribution in [0.2, 0.25) is 0 Å². The minimum Gasteiger partial charge on any atom is -0.464 e. The first-order valence-corrected chi connectivity index (χ1v) is 7.56. The van der Waals surface area contributed by atoms with E-state index in [-0.39, 0.29) is 5.69 Å². The monoisotopic (exact) mass is 290 g/mol. The standard InChI is InChI=1S/C15H22N4O2/c1-19-11-4-3-5-12(19)7-10(6-11)18-14-9-16-13(8-17-14)15(20)21-2/h8-12H,3-7H2,1-2H3,(H,17,18). The fraction of sp³-hybridized carbons (Fsp3) is 0.667. The smallest absolute Gasteiger partial charge is 0.358 e. The lowest BCUT2D eigenvalue weighted by Crippen LogP contribution is -2.52. The number of anilines is 1. The van der Waals surface area contributed by atoms with Gasteiger partial charge in [0, 0.05) is 18.1 Å². The van der Waals surface area contributed by atoms with Gasteiger partial charge in [0.1, 0.15) is 5.82 Å². The molecular weight excluding hydrogens is 268 g/mol. The highest BCUT2D eigenvalue weighted by Crippen LogP contribution is 2.33. The minimum absolute atomic E-state index is 0.239. The number of nitrogens with one attached hydrogen (secondary N) is 1. The van der Waals surface area contributed by atoms with E-state index in [4.69, 9.17) is 0 Å². The number of esters is 1. The van der Waals surface area contributed by atoms with Gasteiger partial charge in [-0.2, -0.15) is 0 Å². The molecule has 0 amide bonds. The second-order valence-electron chi connectivity index (χ2n) is 6.00. The Morgan fingerprint density at radius 3 is 2.57 bits per heavy atom. The van der Waals surface area contributed by atoms with Crippen LogP contribution in [0.15, 0.2) is 12.4 Å². The average molecular weight is 290 g/mol. The van der Waals surface area contributed by atoms with Crippen LogP contribution in [0.5, 0.6) is 0 Å². The second kappa shape index (κ2) is 5.97. The number of rotatable bonds is 3. The Morgan fingerprint density at radius 2 is 2.00 bits per heavy atom. The molecule has 0 saturated carbocycles. The van der Waals surface area contributed by atoms with Gasteiger partial charge in [-0.15, -0.1) is 0 Å². The molecule has 0 spiro atoms. The summed E-state index contributed by atoms with van der Waals surface area (Å²) in [6.45, 7) is 0. The first-order valence-electron chi connectivity index (χ1n) is 7.56. The number of carbonyl (C=O) groups is 1.